The Morgan fingerprint density at radius 3 is 1.70 bits per heavy atom. The van der Waals surface area contributed by atoms with Gasteiger partial charge in [0.25, 0.3) is 0 Å². The Hall–Kier alpha value is -5.93. The highest BCUT2D eigenvalue weighted by Gasteiger charge is 2.38. The van der Waals surface area contributed by atoms with Crippen LogP contribution in [-0.4, -0.2) is 89.9 Å². The molecule has 7 N–H and O–H groups in total. The molecular formula is C35H32N2O13. The lowest BCUT2D eigenvalue weighted by Crippen LogP contribution is -2.36. The number of carbonyl (C=O) groups excluding carboxylic acids is 1. The van der Waals surface area contributed by atoms with Gasteiger partial charge in [0.2, 0.25) is 0 Å². The van der Waals surface area contributed by atoms with E-state index in [0.29, 0.717) is 5.57 Å². The molecule has 0 bridgehead atoms. The number of hydrogen-bond donors (Lipinski definition) is 7. The average molecular weight is 689 g/mol. The summed E-state index contributed by atoms with van der Waals surface area (Å²) in [6.07, 6.45) is 1.54. The van der Waals surface area contributed by atoms with Crippen LogP contribution < -0.4 is 35.7 Å². The lowest BCUT2D eigenvalue weighted by Gasteiger charge is -2.28. The number of aliphatic hydroxyl groups excluding tert-OH is 2. The number of Topliss-reactive ketones (excluding diaryl/α,β-unsaturated/α-hetero) is 1. The number of phenolic OH excluding ortho intramolecular Hbond substituents is 1. The summed E-state index contributed by atoms with van der Waals surface area (Å²) < 4.78 is 17.1. The van der Waals surface area contributed by atoms with Crippen LogP contribution in [0.5, 0.6) is 23.0 Å². The number of aliphatic carboxylic acids is 2. The van der Waals surface area contributed by atoms with Crippen molar-refractivity contribution in [2.45, 2.75) is 31.8 Å². The van der Waals surface area contributed by atoms with E-state index >= 15 is 0 Å². The van der Waals surface area contributed by atoms with Gasteiger partial charge in [0, 0.05) is 50.2 Å². The zero-order valence-electron chi connectivity index (χ0n) is 27.4. The minimum atomic E-state index is -1.70. The van der Waals surface area contributed by atoms with E-state index in [1.165, 1.54) is 28.3 Å². The molecule has 0 saturated carbocycles. The van der Waals surface area contributed by atoms with Gasteiger partial charge in [-0.05, 0) is 19.2 Å². The summed E-state index contributed by atoms with van der Waals surface area (Å²) >= 11 is 0. The first-order valence-electron chi connectivity index (χ1n) is 15.2. The number of ether oxygens (including phenoxy) is 3. The van der Waals surface area contributed by atoms with Gasteiger partial charge in [-0.3, -0.25) is 14.4 Å². The Bertz CT molecular complexity index is 2440. The van der Waals surface area contributed by atoms with Crippen molar-refractivity contribution in [3.8, 4) is 23.0 Å². The highest BCUT2D eigenvalue weighted by atomic mass is 16.5. The summed E-state index contributed by atoms with van der Waals surface area (Å²) in [6.45, 7) is 1.04. The number of fused-ring (bicyclic) bond motifs is 1. The van der Waals surface area contributed by atoms with Crippen molar-refractivity contribution < 1.29 is 54.1 Å². The van der Waals surface area contributed by atoms with E-state index in [4.69, 9.17) is 14.2 Å². The van der Waals surface area contributed by atoms with Gasteiger partial charge < -0.3 is 50.4 Å². The third-order valence-electron chi connectivity index (χ3n) is 9.28. The molecule has 0 radical (unpaired) electrons. The lowest BCUT2D eigenvalue weighted by molar-refractivity contribution is -0.139. The molecule has 0 fully saturated rings. The largest absolute Gasteiger partial charge is 0.504 e. The van der Waals surface area contributed by atoms with Crippen molar-refractivity contribution >= 4 is 78.3 Å². The quantitative estimate of drug-likeness (QED) is 0.0736. The third kappa shape index (κ3) is 4.61. The number of nitrogens with one attached hydrogen (secondary N) is 2. The molecule has 260 valence electrons. The van der Waals surface area contributed by atoms with Gasteiger partial charge in [0.1, 0.15) is 29.4 Å². The van der Waals surface area contributed by atoms with Crippen LogP contribution in [0.1, 0.15) is 30.9 Å². The maximum atomic E-state index is 14.2. The SMILES string of the molecule is COc1c(O)c2c(=O)cc(OC)c3c4c(OC)cc(=O)c5c(NC(CO)C(=O)O)c(NC(CO)C(=O)O)c6c(c(c1C(C(C)=O)C(C)=C6)c23)c54. The van der Waals surface area contributed by atoms with Crippen LogP contribution in [0.15, 0.2) is 27.3 Å². The molecule has 0 saturated heterocycles. The lowest BCUT2D eigenvalue weighted by atomic mass is 9.80. The summed E-state index contributed by atoms with van der Waals surface area (Å²) in [5.74, 6) is -5.22. The van der Waals surface area contributed by atoms with Crippen LogP contribution in [0.2, 0.25) is 0 Å². The molecule has 5 aromatic rings. The van der Waals surface area contributed by atoms with Crippen LogP contribution in [0.25, 0.3) is 49.2 Å². The summed E-state index contributed by atoms with van der Waals surface area (Å²) in [4.78, 5) is 66.1. The molecule has 15 nitrogen and oxygen atoms in total. The smallest absolute Gasteiger partial charge is 0.328 e. The van der Waals surface area contributed by atoms with Gasteiger partial charge in [-0.2, -0.15) is 0 Å². The fourth-order valence-corrected chi connectivity index (χ4v) is 7.30. The molecule has 1 aliphatic rings. The minimum absolute atomic E-state index is 0.0147. The standard InChI is InChI=1S/C35H32N2O13/c1-11-6-13-21-26-22(31(37-15(10-39)35(46)47)30(13)36-14(9-38)34(44)45)16(41)7-18(48-3)24(26)25-19(49-4)8-17(42)23-28(25)27(21)29(20(11)12(2)40)33(50-5)32(23)43/h6-8,14-15,20,36-39,43H,9-10H2,1-5H3,(H,44,45)(H,46,47). The predicted molar refractivity (Wildman–Crippen MR) is 184 cm³/mol. The van der Waals surface area contributed by atoms with Crippen LogP contribution in [0, 0.1) is 0 Å². The highest BCUT2D eigenvalue weighted by molar-refractivity contribution is 6.41. The number of aromatic hydroxyl groups is 1. The molecule has 0 aromatic heterocycles. The van der Waals surface area contributed by atoms with E-state index in [-0.39, 0.29) is 82.8 Å². The number of rotatable bonds is 12. The number of benzene rings is 5. The van der Waals surface area contributed by atoms with E-state index in [1.54, 1.807) is 13.0 Å². The molecule has 50 heavy (non-hydrogen) atoms. The number of anilines is 2. The third-order valence-corrected chi connectivity index (χ3v) is 9.28. The van der Waals surface area contributed by atoms with Gasteiger partial charge >= 0.3 is 11.9 Å². The Labute approximate surface area is 281 Å². The van der Waals surface area contributed by atoms with Crippen molar-refractivity contribution in [2.24, 2.45) is 0 Å². The second kappa shape index (κ2) is 12.2. The van der Waals surface area contributed by atoms with Crippen molar-refractivity contribution in [3.05, 3.63) is 49.3 Å². The molecule has 0 spiro atoms. The van der Waals surface area contributed by atoms with Gasteiger partial charge in [0.15, 0.2) is 22.4 Å². The van der Waals surface area contributed by atoms with Crippen molar-refractivity contribution in [1.29, 1.82) is 0 Å². The first kappa shape index (κ1) is 34.0. The van der Waals surface area contributed by atoms with E-state index < -0.39 is 65.5 Å². The second-order valence-electron chi connectivity index (χ2n) is 12.0. The van der Waals surface area contributed by atoms with Crippen LogP contribution in [0.4, 0.5) is 11.4 Å². The number of ketones is 1. The Balaban J connectivity index is 2.11. The maximum absolute atomic E-state index is 14.2. The highest BCUT2D eigenvalue weighted by Crippen LogP contribution is 2.58. The maximum Gasteiger partial charge on any atom is 0.328 e. The van der Waals surface area contributed by atoms with Crippen molar-refractivity contribution in [3.63, 3.8) is 0 Å². The summed E-state index contributed by atoms with van der Waals surface area (Å²) in [7, 11) is 3.88. The van der Waals surface area contributed by atoms with E-state index in [1.807, 2.05) is 0 Å². The Kier molecular flexibility index (Phi) is 8.28. The number of carbonyl (C=O) groups is 3. The number of carboxylic acids is 2. The zero-order chi connectivity index (χ0) is 36.5. The Morgan fingerprint density at radius 1 is 0.740 bits per heavy atom. The molecular weight excluding hydrogens is 656 g/mol. The predicted octanol–water partition coefficient (Wildman–Crippen LogP) is 2.43. The summed E-state index contributed by atoms with van der Waals surface area (Å²) in [5, 5.41) is 57.9. The molecule has 15 heteroatoms. The molecule has 3 unspecified atom stereocenters. The number of allylic oxidation sites excluding steroid dienone is 1. The molecule has 0 aliphatic heterocycles. The van der Waals surface area contributed by atoms with Gasteiger partial charge in [-0.15, -0.1) is 0 Å². The molecule has 5 aromatic carbocycles. The summed E-state index contributed by atoms with van der Waals surface area (Å²) in [6, 6.07) is -1.13. The number of aliphatic hydroxyl groups is 2. The molecule has 0 heterocycles. The van der Waals surface area contributed by atoms with Gasteiger partial charge in [-0.1, -0.05) is 11.6 Å². The van der Waals surface area contributed by atoms with Crippen LogP contribution in [0.3, 0.4) is 0 Å². The first-order valence-corrected chi connectivity index (χ1v) is 15.2. The second-order valence-corrected chi connectivity index (χ2v) is 12.0. The fourth-order valence-electron chi connectivity index (χ4n) is 7.30. The molecule has 3 atom stereocenters. The molecule has 0 amide bonds. The van der Waals surface area contributed by atoms with E-state index in [2.05, 4.69) is 10.6 Å². The number of hydrogen-bond acceptors (Lipinski definition) is 13. The number of phenols is 1. The fraction of sp³-hybridized carbons (Fsp3) is 0.286. The molecule has 1 aliphatic carbocycles. The van der Waals surface area contributed by atoms with E-state index in [9.17, 15) is 49.5 Å². The minimum Gasteiger partial charge on any atom is -0.504 e. The number of carboxylic acid groups (broad SMARTS) is 2. The van der Waals surface area contributed by atoms with Crippen molar-refractivity contribution in [1.82, 2.24) is 0 Å². The van der Waals surface area contributed by atoms with Gasteiger partial charge in [-0.25, -0.2) is 9.59 Å². The number of methoxy groups -OCH3 is 3. The Morgan fingerprint density at radius 2 is 1.24 bits per heavy atom. The van der Waals surface area contributed by atoms with Crippen LogP contribution in [-0.2, 0) is 14.4 Å². The monoisotopic (exact) mass is 688 g/mol. The average Bonchev–Trinajstić information content (AvgIpc) is 3.20. The normalized spacial score (nSPS) is 15.3. The summed E-state index contributed by atoms with van der Waals surface area (Å²) in [5.41, 5.74) is -1.13. The topological polar surface area (TPSA) is 238 Å². The van der Waals surface area contributed by atoms with Gasteiger partial charge in [0.05, 0.1) is 62.6 Å². The van der Waals surface area contributed by atoms with Crippen LogP contribution >= 0.6 is 0 Å². The molecule has 6 rings (SSSR count). The first-order chi connectivity index (χ1) is 23.8. The van der Waals surface area contributed by atoms with Crippen molar-refractivity contribution in [2.75, 3.05) is 45.2 Å². The van der Waals surface area contributed by atoms with E-state index in [0.717, 1.165) is 12.1 Å². The zero-order valence-corrected chi connectivity index (χ0v) is 27.4.